The molecule has 3 aromatic rings. The van der Waals surface area contributed by atoms with Gasteiger partial charge in [-0.2, -0.15) is 0 Å². The third-order valence-corrected chi connectivity index (χ3v) is 3.65. The Morgan fingerprint density at radius 2 is 1.52 bits per heavy atom. The molecular weight excluding hydrogens is 258 g/mol. The molecule has 2 heteroatoms. The Morgan fingerprint density at radius 3 is 2.24 bits per heavy atom. The van der Waals surface area contributed by atoms with Gasteiger partial charge >= 0.3 is 0 Å². The van der Waals surface area contributed by atoms with Crippen LogP contribution >= 0.6 is 0 Å². The summed E-state index contributed by atoms with van der Waals surface area (Å²) < 4.78 is 8.16. The summed E-state index contributed by atoms with van der Waals surface area (Å²) in [5.41, 5.74) is 2.52. The predicted molar refractivity (Wildman–Crippen MR) is 85.8 cm³/mol. The summed E-state index contributed by atoms with van der Waals surface area (Å²) >= 11 is 0. The largest absolute Gasteiger partial charge is 0.455 e. The van der Waals surface area contributed by atoms with Crippen LogP contribution in [0.15, 0.2) is 72.9 Å². The summed E-state index contributed by atoms with van der Waals surface area (Å²) in [6.07, 6.45) is 3.12. The number of benzene rings is 2. The van der Waals surface area contributed by atoms with Crippen LogP contribution in [0.2, 0.25) is 0 Å². The normalized spacial score (nSPS) is 10.5. The van der Waals surface area contributed by atoms with Gasteiger partial charge in [-0.3, -0.25) is 0 Å². The van der Waals surface area contributed by atoms with Gasteiger partial charge in [0.1, 0.15) is 11.5 Å². The zero-order valence-corrected chi connectivity index (χ0v) is 12.2. The third kappa shape index (κ3) is 3.34. The molecule has 0 fully saturated rings. The Morgan fingerprint density at radius 1 is 0.857 bits per heavy atom. The molecule has 0 aliphatic rings. The van der Waals surface area contributed by atoms with E-state index in [0.29, 0.717) is 0 Å². The van der Waals surface area contributed by atoms with E-state index in [-0.39, 0.29) is 0 Å². The van der Waals surface area contributed by atoms with Gasteiger partial charge in [0.15, 0.2) is 0 Å². The molecule has 0 unspecified atom stereocenters. The first-order valence-corrected chi connectivity index (χ1v) is 7.25. The lowest BCUT2D eigenvalue weighted by atomic mass is 10.1. The Kier molecular flexibility index (Phi) is 4.06. The van der Waals surface area contributed by atoms with E-state index in [1.807, 2.05) is 36.4 Å². The first-order valence-electron chi connectivity index (χ1n) is 7.25. The molecule has 0 saturated heterocycles. The van der Waals surface area contributed by atoms with E-state index in [9.17, 15) is 0 Å². The second-order valence-electron chi connectivity index (χ2n) is 5.11. The molecule has 0 saturated carbocycles. The molecule has 1 aromatic heterocycles. The summed E-state index contributed by atoms with van der Waals surface area (Å²) in [5, 5.41) is 0. The van der Waals surface area contributed by atoms with Crippen molar-refractivity contribution in [1.82, 2.24) is 4.57 Å². The monoisotopic (exact) mass is 277 g/mol. The van der Waals surface area contributed by atoms with Crippen LogP contribution in [0.3, 0.4) is 0 Å². The molecule has 0 atom stereocenters. The molecule has 0 spiro atoms. The van der Waals surface area contributed by atoms with Crippen LogP contribution in [0, 0.1) is 6.92 Å². The van der Waals surface area contributed by atoms with Crippen LogP contribution in [0.4, 0.5) is 0 Å². The second-order valence-corrected chi connectivity index (χ2v) is 5.11. The van der Waals surface area contributed by atoms with E-state index in [4.69, 9.17) is 4.74 Å². The van der Waals surface area contributed by atoms with E-state index in [2.05, 4.69) is 48.0 Å². The number of para-hydroxylation sites is 1. The average molecular weight is 277 g/mol. The van der Waals surface area contributed by atoms with E-state index >= 15 is 0 Å². The molecule has 2 aromatic carbocycles. The first-order chi connectivity index (χ1) is 10.3. The minimum absolute atomic E-state index is 0.876. The molecule has 0 amide bonds. The number of aryl methyl sites for hydroxylation is 2. The molecule has 0 N–H and O–H groups in total. The molecule has 3 rings (SSSR count). The lowest BCUT2D eigenvalue weighted by Gasteiger charge is -2.08. The maximum absolute atomic E-state index is 5.92. The van der Waals surface area contributed by atoms with E-state index in [0.717, 1.165) is 30.2 Å². The summed E-state index contributed by atoms with van der Waals surface area (Å²) in [5.74, 6) is 1.80. The summed E-state index contributed by atoms with van der Waals surface area (Å²) in [6.45, 7) is 3.07. The van der Waals surface area contributed by atoms with Crippen LogP contribution in [0.25, 0.3) is 0 Å². The van der Waals surface area contributed by atoms with Crippen LogP contribution in [-0.2, 0) is 13.0 Å². The molecule has 21 heavy (non-hydrogen) atoms. The Labute approximate surface area is 125 Å². The SMILES string of the molecule is Cc1c(Oc2ccccc2)ccn1CCc1ccccc1. The summed E-state index contributed by atoms with van der Waals surface area (Å²) in [7, 11) is 0. The minimum Gasteiger partial charge on any atom is -0.455 e. The molecule has 2 nitrogen and oxygen atoms in total. The second kappa shape index (κ2) is 6.31. The minimum atomic E-state index is 0.876. The number of aromatic nitrogens is 1. The van der Waals surface area contributed by atoms with Gasteiger partial charge in [0.25, 0.3) is 0 Å². The highest BCUT2D eigenvalue weighted by atomic mass is 16.5. The van der Waals surface area contributed by atoms with Gasteiger partial charge < -0.3 is 9.30 Å². The van der Waals surface area contributed by atoms with Crippen LogP contribution in [0.5, 0.6) is 11.5 Å². The highest BCUT2D eigenvalue weighted by molar-refractivity contribution is 5.34. The number of ether oxygens (including phenoxy) is 1. The van der Waals surface area contributed by atoms with Crippen molar-refractivity contribution < 1.29 is 4.74 Å². The van der Waals surface area contributed by atoms with Crippen LogP contribution in [0.1, 0.15) is 11.3 Å². The lowest BCUT2D eigenvalue weighted by molar-refractivity contribution is 0.475. The standard InChI is InChI=1S/C19H19NO/c1-16-19(21-18-10-6-3-7-11-18)13-15-20(16)14-12-17-8-4-2-5-9-17/h2-11,13,15H,12,14H2,1H3. The van der Waals surface area contributed by atoms with Crippen LogP contribution < -0.4 is 4.74 Å². The maximum atomic E-state index is 5.92. The topological polar surface area (TPSA) is 14.2 Å². The highest BCUT2D eigenvalue weighted by Crippen LogP contribution is 2.25. The quantitative estimate of drug-likeness (QED) is 0.651. The fourth-order valence-electron chi connectivity index (χ4n) is 2.39. The van der Waals surface area contributed by atoms with Crippen molar-refractivity contribution in [2.75, 3.05) is 0 Å². The van der Waals surface area contributed by atoms with E-state index in [1.165, 1.54) is 5.56 Å². The predicted octanol–water partition coefficient (Wildman–Crippen LogP) is 4.83. The van der Waals surface area contributed by atoms with Crippen molar-refractivity contribution in [3.63, 3.8) is 0 Å². The van der Waals surface area contributed by atoms with Crippen molar-refractivity contribution in [1.29, 1.82) is 0 Å². The number of nitrogens with zero attached hydrogens (tertiary/aromatic N) is 1. The van der Waals surface area contributed by atoms with Gasteiger partial charge in [-0.25, -0.2) is 0 Å². The van der Waals surface area contributed by atoms with E-state index < -0.39 is 0 Å². The molecule has 0 aliphatic carbocycles. The zero-order chi connectivity index (χ0) is 14.5. The summed E-state index contributed by atoms with van der Waals surface area (Å²) in [6, 6.07) is 22.5. The van der Waals surface area contributed by atoms with Gasteiger partial charge in [-0.05, 0) is 37.1 Å². The fourth-order valence-corrected chi connectivity index (χ4v) is 2.39. The maximum Gasteiger partial charge on any atom is 0.147 e. The van der Waals surface area contributed by atoms with Gasteiger partial charge in [0.2, 0.25) is 0 Å². The average Bonchev–Trinajstić information content (AvgIpc) is 2.88. The van der Waals surface area contributed by atoms with Crippen molar-refractivity contribution in [3.8, 4) is 11.5 Å². The highest BCUT2D eigenvalue weighted by Gasteiger charge is 2.06. The zero-order valence-electron chi connectivity index (χ0n) is 12.2. The Hall–Kier alpha value is -2.48. The van der Waals surface area contributed by atoms with Crippen molar-refractivity contribution >= 4 is 0 Å². The Balaban J connectivity index is 1.68. The van der Waals surface area contributed by atoms with Gasteiger partial charge in [0, 0.05) is 12.7 Å². The lowest BCUT2D eigenvalue weighted by Crippen LogP contribution is -2.02. The fraction of sp³-hybridized carbons (Fsp3) is 0.158. The number of hydrogen-bond donors (Lipinski definition) is 0. The van der Waals surface area contributed by atoms with Crippen molar-refractivity contribution in [2.24, 2.45) is 0 Å². The molecule has 1 heterocycles. The van der Waals surface area contributed by atoms with Crippen molar-refractivity contribution in [2.45, 2.75) is 19.9 Å². The smallest absolute Gasteiger partial charge is 0.147 e. The molecular formula is C19H19NO. The van der Waals surface area contributed by atoms with Crippen LogP contribution in [-0.4, -0.2) is 4.57 Å². The first kappa shape index (κ1) is 13.5. The van der Waals surface area contributed by atoms with Gasteiger partial charge in [-0.1, -0.05) is 48.5 Å². The molecule has 0 aliphatic heterocycles. The van der Waals surface area contributed by atoms with E-state index in [1.54, 1.807) is 0 Å². The molecule has 0 radical (unpaired) electrons. The molecule has 106 valence electrons. The number of hydrogen-bond acceptors (Lipinski definition) is 1. The van der Waals surface area contributed by atoms with Crippen molar-refractivity contribution in [3.05, 3.63) is 84.2 Å². The number of rotatable bonds is 5. The van der Waals surface area contributed by atoms with Gasteiger partial charge in [-0.15, -0.1) is 0 Å². The molecule has 0 bridgehead atoms. The third-order valence-electron chi connectivity index (χ3n) is 3.65. The summed E-state index contributed by atoms with van der Waals surface area (Å²) in [4.78, 5) is 0. The Bertz CT molecular complexity index is 686. The van der Waals surface area contributed by atoms with Gasteiger partial charge in [0.05, 0.1) is 5.69 Å².